The Morgan fingerprint density at radius 1 is 1.57 bits per heavy atom. The van der Waals surface area contributed by atoms with Gasteiger partial charge in [0.05, 0.1) is 10.6 Å². The number of aliphatic hydroxyl groups is 1. The minimum atomic E-state index is -0.614. The second kappa shape index (κ2) is 4.87. The van der Waals surface area contributed by atoms with Crippen LogP contribution in [-0.2, 0) is 0 Å². The predicted octanol–water partition coefficient (Wildman–Crippen LogP) is 2.28. The molecule has 0 aliphatic rings. The lowest BCUT2D eigenvalue weighted by atomic mass is 10.0. The molecule has 14 heavy (non-hydrogen) atoms. The van der Waals surface area contributed by atoms with Crippen molar-refractivity contribution in [3.63, 3.8) is 0 Å². The van der Waals surface area contributed by atoms with Gasteiger partial charge in [0.15, 0.2) is 0 Å². The van der Waals surface area contributed by atoms with Gasteiger partial charge in [-0.05, 0) is 53.0 Å². The Morgan fingerprint density at radius 3 is 2.79 bits per heavy atom. The largest absolute Gasteiger partial charge is 0.388 e. The molecule has 2 nitrogen and oxygen atoms in total. The smallest absolute Gasteiger partial charge is 0.137 e. The molecule has 1 atom stereocenters. The number of aliphatic hydroxyl groups excluding tert-OH is 1. The van der Waals surface area contributed by atoms with Gasteiger partial charge in [0.2, 0.25) is 0 Å². The van der Waals surface area contributed by atoms with E-state index in [9.17, 15) is 9.50 Å². The van der Waals surface area contributed by atoms with Gasteiger partial charge >= 0.3 is 0 Å². The number of hydrogen-bond acceptors (Lipinski definition) is 2. The zero-order chi connectivity index (χ0) is 10.7. The van der Waals surface area contributed by atoms with Crippen LogP contribution in [0.15, 0.2) is 16.6 Å². The second-order valence-corrected chi connectivity index (χ2v) is 3.96. The quantitative estimate of drug-likeness (QED) is 0.877. The van der Waals surface area contributed by atoms with Crippen LogP contribution in [0.5, 0.6) is 0 Å². The summed E-state index contributed by atoms with van der Waals surface area (Å²) in [6.07, 6.45) is -0.129. The molecule has 3 N–H and O–H groups in total. The highest BCUT2D eigenvalue weighted by atomic mass is 79.9. The van der Waals surface area contributed by atoms with Crippen molar-refractivity contribution in [1.82, 2.24) is 0 Å². The zero-order valence-corrected chi connectivity index (χ0v) is 9.51. The topological polar surface area (TPSA) is 46.2 Å². The Balaban J connectivity index is 3.04. The van der Waals surface area contributed by atoms with Crippen LogP contribution in [0.25, 0.3) is 0 Å². The molecule has 0 saturated carbocycles. The maximum absolute atomic E-state index is 13.1. The van der Waals surface area contributed by atoms with Gasteiger partial charge in [-0.15, -0.1) is 0 Å². The van der Waals surface area contributed by atoms with Gasteiger partial charge in [-0.2, -0.15) is 0 Å². The summed E-state index contributed by atoms with van der Waals surface area (Å²) in [5, 5.41) is 9.69. The molecule has 0 radical (unpaired) electrons. The monoisotopic (exact) mass is 261 g/mol. The van der Waals surface area contributed by atoms with E-state index < -0.39 is 6.10 Å². The van der Waals surface area contributed by atoms with E-state index in [1.807, 2.05) is 0 Å². The third-order valence-corrected chi connectivity index (χ3v) is 3.15. The number of benzene rings is 1. The van der Waals surface area contributed by atoms with Crippen molar-refractivity contribution in [2.75, 3.05) is 6.54 Å². The highest BCUT2D eigenvalue weighted by molar-refractivity contribution is 9.10. The van der Waals surface area contributed by atoms with Crippen LogP contribution < -0.4 is 5.73 Å². The van der Waals surface area contributed by atoms with Gasteiger partial charge in [0.1, 0.15) is 5.82 Å². The third kappa shape index (κ3) is 2.32. The highest BCUT2D eigenvalue weighted by Crippen LogP contribution is 2.28. The molecule has 78 valence electrons. The summed E-state index contributed by atoms with van der Waals surface area (Å²) in [6, 6.07) is 2.93. The molecule has 0 bridgehead atoms. The molecule has 0 aromatic heterocycles. The summed E-state index contributed by atoms with van der Waals surface area (Å²) in [5.74, 6) is -0.314. The molecule has 1 aromatic rings. The summed E-state index contributed by atoms with van der Waals surface area (Å²) < 4.78 is 13.5. The van der Waals surface area contributed by atoms with E-state index in [4.69, 9.17) is 5.73 Å². The van der Waals surface area contributed by atoms with Crippen molar-refractivity contribution in [2.45, 2.75) is 19.4 Å². The lowest BCUT2D eigenvalue weighted by molar-refractivity contribution is 0.169. The Morgan fingerprint density at radius 2 is 2.21 bits per heavy atom. The van der Waals surface area contributed by atoms with Crippen molar-refractivity contribution in [2.24, 2.45) is 5.73 Å². The normalized spacial score (nSPS) is 12.9. The van der Waals surface area contributed by atoms with Crippen LogP contribution >= 0.6 is 15.9 Å². The first kappa shape index (κ1) is 11.6. The SMILES string of the molecule is Cc1c(C(O)CCN)ccc(F)c1Br. The molecule has 0 aliphatic carbocycles. The first-order chi connectivity index (χ1) is 6.57. The molecule has 1 rings (SSSR count). The Labute approximate surface area is 91.1 Å². The van der Waals surface area contributed by atoms with Crippen molar-refractivity contribution >= 4 is 15.9 Å². The van der Waals surface area contributed by atoms with Crippen LogP contribution in [0.4, 0.5) is 4.39 Å². The molecule has 0 amide bonds. The Kier molecular flexibility index (Phi) is 4.04. The molecule has 0 heterocycles. The van der Waals surface area contributed by atoms with E-state index in [-0.39, 0.29) is 5.82 Å². The number of hydrogen-bond donors (Lipinski definition) is 2. The van der Waals surface area contributed by atoms with Gasteiger partial charge < -0.3 is 10.8 Å². The summed E-state index contributed by atoms with van der Waals surface area (Å²) in [7, 11) is 0. The van der Waals surface area contributed by atoms with Gasteiger partial charge in [0, 0.05) is 0 Å². The van der Waals surface area contributed by atoms with E-state index in [0.29, 0.717) is 17.4 Å². The van der Waals surface area contributed by atoms with Crippen molar-refractivity contribution in [1.29, 1.82) is 0 Å². The van der Waals surface area contributed by atoms with E-state index >= 15 is 0 Å². The minimum Gasteiger partial charge on any atom is -0.388 e. The fourth-order valence-corrected chi connectivity index (χ4v) is 1.70. The maximum atomic E-state index is 13.1. The Bertz CT molecular complexity index is 330. The average molecular weight is 262 g/mol. The first-order valence-corrected chi connectivity index (χ1v) is 5.20. The van der Waals surface area contributed by atoms with E-state index in [2.05, 4.69) is 15.9 Å². The van der Waals surface area contributed by atoms with Crippen LogP contribution in [-0.4, -0.2) is 11.7 Å². The molecule has 0 spiro atoms. The average Bonchev–Trinajstić information content (AvgIpc) is 2.15. The van der Waals surface area contributed by atoms with Crippen LogP contribution in [0, 0.1) is 12.7 Å². The predicted molar refractivity (Wildman–Crippen MR) is 57.5 cm³/mol. The van der Waals surface area contributed by atoms with Crippen LogP contribution in [0.1, 0.15) is 23.7 Å². The van der Waals surface area contributed by atoms with Gasteiger partial charge in [-0.1, -0.05) is 6.07 Å². The zero-order valence-electron chi connectivity index (χ0n) is 7.93. The van der Waals surface area contributed by atoms with E-state index in [0.717, 1.165) is 11.1 Å². The number of rotatable bonds is 3. The minimum absolute atomic E-state index is 0.314. The highest BCUT2D eigenvalue weighted by Gasteiger charge is 2.13. The molecule has 1 aromatic carbocycles. The van der Waals surface area contributed by atoms with Gasteiger partial charge in [-0.25, -0.2) is 4.39 Å². The lowest BCUT2D eigenvalue weighted by Gasteiger charge is -2.14. The molecule has 0 fully saturated rings. The van der Waals surface area contributed by atoms with Crippen molar-refractivity contribution < 1.29 is 9.50 Å². The fourth-order valence-electron chi connectivity index (χ4n) is 1.34. The lowest BCUT2D eigenvalue weighted by Crippen LogP contribution is -2.08. The standard InChI is InChI=1S/C10H13BrFNO/c1-6-7(9(14)4-5-13)2-3-8(12)10(6)11/h2-3,9,14H,4-5,13H2,1H3. The second-order valence-electron chi connectivity index (χ2n) is 3.17. The third-order valence-electron chi connectivity index (χ3n) is 2.18. The van der Waals surface area contributed by atoms with Crippen LogP contribution in [0.2, 0.25) is 0 Å². The first-order valence-electron chi connectivity index (χ1n) is 4.40. The van der Waals surface area contributed by atoms with Gasteiger partial charge in [0.25, 0.3) is 0 Å². The summed E-state index contributed by atoms with van der Waals surface area (Å²) in [6.45, 7) is 2.18. The molecule has 4 heteroatoms. The summed E-state index contributed by atoms with van der Waals surface area (Å²) >= 11 is 3.13. The Hall–Kier alpha value is -0.450. The number of nitrogens with two attached hydrogens (primary N) is 1. The van der Waals surface area contributed by atoms with Crippen molar-refractivity contribution in [3.8, 4) is 0 Å². The maximum Gasteiger partial charge on any atom is 0.137 e. The molecule has 0 aliphatic heterocycles. The van der Waals surface area contributed by atoms with E-state index in [1.165, 1.54) is 6.07 Å². The molecule has 1 unspecified atom stereocenters. The molecular formula is C10H13BrFNO. The number of halogens is 2. The van der Waals surface area contributed by atoms with Crippen LogP contribution in [0.3, 0.4) is 0 Å². The molecule has 0 saturated heterocycles. The molecular weight excluding hydrogens is 249 g/mol. The van der Waals surface area contributed by atoms with Gasteiger partial charge in [-0.3, -0.25) is 0 Å². The summed E-state index contributed by atoms with van der Waals surface area (Å²) in [5.41, 5.74) is 6.79. The summed E-state index contributed by atoms with van der Waals surface area (Å²) in [4.78, 5) is 0. The fraction of sp³-hybridized carbons (Fsp3) is 0.400. The van der Waals surface area contributed by atoms with E-state index in [1.54, 1.807) is 13.0 Å². The van der Waals surface area contributed by atoms with Crippen molar-refractivity contribution in [3.05, 3.63) is 33.5 Å².